The summed E-state index contributed by atoms with van der Waals surface area (Å²) in [5.41, 5.74) is 5.59. The number of fused-ring (bicyclic) bond motifs is 3. The topological polar surface area (TPSA) is 87.2 Å². The van der Waals surface area contributed by atoms with Crippen LogP contribution in [-0.4, -0.2) is 50.0 Å². The van der Waals surface area contributed by atoms with Crippen LogP contribution < -0.4 is 4.74 Å². The van der Waals surface area contributed by atoms with E-state index in [4.69, 9.17) is 14.5 Å². The van der Waals surface area contributed by atoms with Crippen LogP contribution in [0.1, 0.15) is 37.9 Å². The number of aryl methyl sites for hydroxylation is 2. The van der Waals surface area contributed by atoms with Gasteiger partial charge < -0.3 is 19.1 Å². The van der Waals surface area contributed by atoms with Crippen molar-refractivity contribution in [2.24, 2.45) is 13.0 Å². The summed E-state index contributed by atoms with van der Waals surface area (Å²) in [7, 11) is 3.57. The van der Waals surface area contributed by atoms with Gasteiger partial charge in [-0.3, -0.25) is 4.98 Å². The van der Waals surface area contributed by atoms with Crippen molar-refractivity contribution in [2.75, 3.05) is 20.3 Å². The molecule has 1 aliphatic heterocycles. The third-order valence-electron chi connectivity index (χ3n) is 6.74. The van der Waals surface area contributed by atoms with Gasteiger partial charge >= 0.3 is 0 Å². The first-order chi connectivity index (χ1) is 15.8. The van der Waals surface area contributed by atoms with Crippen LogP contribution in [-0.2, 0) is 23.9 Å². The molecule has 1 N–H and O–H groups in total. The van der Waals surface area contributed by atoms with E-state index < -0.39 is 5.60 Å². The lowest BCUT2D eigenvalue weighted by atomic mass is 9.96. The molecular formula is C25H31N5O3. The highest BCUT2D eigenvalue weighted by molar-refractivity contribution is 6.10. The van der Waals surface area contributed by atoms with Crippen molar-refractivity contribution in [1.29, 1.82) is 0 Å². The maximum atomic E-state index is 10.8. The van der Waals surface area contributed by atoms with Gasteiger partial charge in [-0.25, -0.2) is 4.68 Å². The van der Waals surface area contributed by atoms with Crippen molar-refractivity contribution in [3.05, 3.63) is 35.7 Å². The molecule has 0 aliphatic carbocycles. The summed E-state index contributed by atoms with van der Waals surface area (Å²) < 4.78 is 15.5. The Kier molecular flexibility index (Phi) is 5.37. The SMILES string of the molecule is COc1cc(C(C)(C)O)cc2c1c1ncc(-c3c(C)nnn3C)cc1n2CC1CCOCC1. The Morgan fingerprint density at radius 2 is 1.94 bits per heavy atom. The van der Waals surface area contributed by atoms with Gasteiger partial charge in [-0.05, 0) is 63.3 Å². The highest BCUT2D eigenvalue weighted by Crippen LogP contribution is 2.40. The lowest BCUT2D eigenvalue weighted by molar-refractivity contribution is 0.0619. The number of nitrogens with zero attached hydrogens (tertiary/aromatic N) is 5. The molecule has 4 aromatic rings. The zero-order chi connectivity index (χ0) is 23.3. The molecule has 5 rings (SSSR count). The summed E-state index contributed by atoms with van der Waals surface area (Å²) in [5, 5.41) is 20.1. The van der Waals surface area contributed by atoms with E-state index in [1.807, 2.05) is 26.2 Å². The van der Waals surface area contributed by atoms with Crippen LogP contribution in [0.25, 0.3) is 33.2 Å². The number of ether oxygens (including phenoxy) is 2. The Labute approximate surface area is 193 Å². The number of rotatable bonds is 5. The normalized spacial score (nSPS) is 15.6. The minimum atomic E-state index is -0.989. The van der Waals surface area contributed by atoms with E-state index in [0.717, 1.165) is 82.8 Å². The van der Waals surface area contributed by atoms with Gasteiger partial charge in [0.25, 0.3) is 0 Å². The third kappa shape index (κ3) is 3.77. The molecule has 0 bridgehead atoms. The van der Waals surface area contributed by atoms with Crippen LogP contribution in [0, 0.1) is 12.8 Å². The molecule has 174 valence electrons. The Bertz CT molecular complexity index is 1310. The van der Waals surface area contributed by atoms with Crippen molar-refractivity contribution in [2.45, 2.75) is 45.8 Å². The van der Waals surface area contributed by atoms with Crippen molar-refractivity contribution in [3.63, 3.8) is 0 Å². The van der Waals surface area contributed by atoms with E-state index in [-0.39, 0.29) is 0 Å². The zero-order valence-corrected chi connectivity index (χ0v) is 19.9. The summed E-state index contributed by atoms with van der Waals surface area (Å²) in [6.45, 7) is 8.01. The predicted octanol–water partition coefficient (Wildman–Crippen LogP) is 3.96. The molecule has 0 radical (unpaired) electrons. The number of methoxy groups -OCH3 is 1. The molecule has 1 saturated heterocycles. The summed E-state index contributed by atoms with van der Waals surface area (Å²) in [4.78, 5) is 4.90. The lowest BCUT2D eigenvalue weighted by Gasteiger charge is -2.24. The highest BCUT2D eigenvalue weighted by Gasteiger charge is 2.25. The van der Waals surface area contributed by atoms with Gasteiger partial charge in [-0.15, -0.1) is 5.10 Å². The second-order valence-electron chi connectivity index (χ2n) is 9.54. The van der Waals surface area contributed by atoms with Crippen molar-refractivity contribution >= 4 is 21.9 Å². The Morgan fingerprint density at radius 1 is 1.18 bits per heavy atom. The summed E-state index contributed by atoms with van der Waals surface area (Å²) in [6.07, 6.45) is 3.94. The fraction of sp³-hybridized carbons (Fsp3) is 0.480. The first-order valence-corrected chi connectivity index (χ1v) is 11.4. The van der Waals surface area contributed by atoms with Crippen LogP contribution in [0.15, 0.2) is 24.4 Å². The Morgan fingerprint density at radius 3 is 2.58 bits per heavy atom. The molecule has 1 fully saturated rings. The fourth-order valence-corrected chi connectivity index (χ4v) is 4.92. The second-order valence-corrected chi connectivity index (χ2v) is 9.54. The van der Waals surface area contributed by atoms with E-state index in [0.29, 0.717) is 5.92 Å². The lowest BCUT2D eigenvalue weighted by Crippen LogP contribution is -2.20. The maximum Gasteiger partial charge on any atom is 0.130 e. The number of aromatic nitrogens is 5. The van der Waals surface area contributed by atoms with Crippen LogP contribution >= 0.6 is 0 Å². The van der Waals surface area contributed by atoms with Crippen LogP contribution in [0.2, 0.25) is 0 Å². The average molecular weight is 450 g/mol. The molecule has 0 spiro atoms. The molecule has 0 unspecified atom stereocenters. The Hall–Kier alpha value is -2.97. The van der Waals surface area contributed by atoms with Crippen LogP contribution in [0.3, 0.4) is 0 Å². The molecule has 1 aliphatic rings. The van der Waals surface area contributed by atoms with Gasteiger partial charge in [-0.1, -0.05) is 5.21 Å². The molecule has 33 heavy (non-hydrogen) atoms. The standard InChI is InChI=1S/C25H31N5O3/c1-15-24(29(4)28-27-15)17-10-20-23(26-13-17)22-19(30(20)14-16-6-8-33-9-7-16)11-18(25(2,3)31)12-21(22)32-5/h10-13,16,31H,6-9,14H2,1-5H3. The van der Waals surface area contributed by atoms with Crippen LogP contribution in [0.5, 0.6) is 5.75 Å². The monoisotopic (exact) mass is 449 g/mol. The zero-order valence-electron chi connectivity index (χ0n) is 19.9. The first kappa shape index (κ1) is 21.9. The number of hydrogen-bond acceptors (Lipinski definition) is 6. The number of aliphatic hydroxyl groups is 1. The minimum absolute atomic E-state index is 0.512. The van der Waals surface area contributed by atoms with Crippen molar-refractivity contribution < 1.29 is 14.6 Å². The van der Waals surface area contributed by atoms with Crippen molar-refractivity contribution in [1.82, 2.24) is 24.5 Å². The molecule has 0 amide bonds. The van der Waals surface area contributed by atoms with E-state index in [1.54, 1.807) is 25.6 Å². The molecule has 1 aromatic carbocycles. The second kappa shape index (κ2) is 8.11. The van der Waals surface area contributed by atoms with Gasteiger partial charge in [0, 0.05) is 38.6 Å². The molecule has 8 nitrogen and oxygen atoms in total. The fourth-order valence-electron chi connectivity index (χ4n) is 4.92. The molecule has 3 aromatic heterocycles. The minimum Gasteiger partial charge on any atom is -0.496 e. The van der Waals surface area contributed by atoms with E-state index in [1.165, 1.54) is 0 Å². The summed E-state index contributed by atoms with van der Waals surface area (Å²) in [5.74, 6) is 1.23. The smallest absolute Gasteiger partial charge is 0.130 e. The molecule has 0 atom stereocenters. The van der Waals surface area contributed by atoms with E-state index in [2.05, 4.69) is 27.0 Å². The van der Waals surface area contributed by atoms with E-state index in [9.17, 15) is 5.11 Å². The number of hydrogen-bond donors (Lipinski definition) is 1. The van der Waals surface area contributed by atoms with Gasteiger partial charge in [0.15, 0.2) is 0 Å². The first-order valence-electron chi connectivity index (χ1n) is 11.4. The van der Waals surface area contributed by atoms with E-state index >= 15 is 0 Å². The average Bonchev–Trinajstić information content (AvgIpc) is 3.29. The van der Waals surface area contributed by atoms with Crippen molar-refractivity contribution in [3.8, 4) is 17.0 Å². The Balaban J connectivity index is 1.80. The number of pyridine rings is 1. The molecule has 4 heterocycles. The van der Waals surface area contributed by atoms with Gasteiger partial charge in [-0.2, -0.15) is 0 Å². The van der Waals surface area contributed by atoms with Crippen LogP contribution in [0.4, 0.5) is 0 Å². The molecule has 0 saturated carbocycles. The highest BCUT2D eigenvalue weighted by atomic mass is 16.5. The number of benzene rings is 1. The largest absolute Gasteiger partial charge is 0.496 e. The predicted molar refractivity (Wildman–Crippen MR) is 127 cm³/mol. The quantitative estimate of drug-likeness (QED) is 0.496. The molecular weight excluding hydrogens is 418 g/mol. The van der Waals surface area contributed by atoms with Gasteiger partial charge in [0.2, 0.25) is 0 Å². The summed E-state index contributed by atoms with van der Waals surface area (Å²) >= 11 is 0. The molecule has 8 heteroatoms. The van der Waals surface area contributed by atoms with Gasteiger partial charge in [0.05, 0.1) is 46.0 Å². The third-order valence-corrected chi connectivity index (χ3v) is 6.74. The maximum absolute atomic E-state index is 10.8. The summed E-state index contributed by atoms with van der Waals surface area (Å²) in [6, 6.07) is 6.18. The van der Waals surface area contributed by atoms with Gasteiger partial charge in [0.1, 0.15) is 5.75 Å².